The number of aliphatic carboxylic acids is 1. The zero-order chi connectivity index (χ0) is 31.1. The maximum absolute atomic E-state index is 12.5. The molecule has 0 saturated carbocycles. The van der Waals surface area contributed by atoms with Crippen LogP contribution in [0.25, 0.3) is 11.1 Å². The fourth-order valence-corrected chi connectivity index (χ4v) is 5.34. The molecule has 0 radical (unpaired) electrons. The first-order valence-electron chi connectivity index (χ1n) is 14.1. The summed E-state index contributed by atoms with van der Waals surface area (Å²) in [4.78, 5) is 48.5. The first kappa shape index (κ1) is 31.9. The molecule has 4 rings (SSSR count). The summed E-state index contributed by atoms with van der Waals surface area (Å²) in [6.45, 7) is 2.84. The third-order valence-electron chi connectivity index (χ3n) is 8.01. The van der Waals surface area contributed by atoms with Gasteiger partial charge in [0.25, 0.3) is 0 Å². The Bertz CT molecular complexity index is 1270. The van der Waals surface area contributed by atoms with Crippen LogP contribution in [0.15, 0.2) is 48.5 Å². The van der Waals surface area contributed by atoms with E-state index >= 15 is 0 Å². The molecule has 6 atom stereocenters. The summed E-state index contributed by atoms with van der Waals surface area (Å²) in [6, 6.07) is 14.0. The normalized spacial score (nSPS) is 23.4. The monoisotopic (exact) mass is 599 g/mol. The van der Waals surface area contributed by atoms with Gasteiger partial charge in [-0.25, -0.2) is 9.59 Å². The van der Waals surface area contributed by atoms with Crippen LogP contribution in [0.2, 0.25) is 0 Å². The van der Waals surface area contributed by atoms with E-state index in [1.165, 1.54) is 7.11 Å². The standard InChI is InChI=1S/C31H37NO11/c1-17-18(2)30(39-3)43-25(28(17)35)16-41-27(34)13-12-26(33)40-15-24(29(36)37)32-31(38)42-14-23-21-10-6-4-8-19(21)20-9-5-7-11-22(20)23/h4-11,17-18,23-25,28,30,35H,12-16H2,1-3H3,(H,32,38)(H,36,37)/t17-,18?,24+,25?,28+,30+/m1/s1. The first-order chi connectivity index (χ1) is 20.6. The summed E-state index contributed by atoms with van der Waals surface area (Å²) in [5.74, 6) is -3.42. The molecule has 232 valence electrons. The minimum absolute atomic E-state index is 0.0128. The Morgan fingerprint density at radius 1 is 0.860 bits per heavy atom. The van der Waals surface area contributed by atoms with Gasteiger partial charge in [0.05, 0.1) is 18.9 Å². The van der Waals surface area contributed by atoms with Crippen molar-refractivity contribution < 1.29 is 53.1 Å². The lowest BCUT2D eigenvalue weighted by atomic mass is 9.85. The largest absolute Gasteiger partial charge is 0.480 e. The van der Waals surface area contributed by atoms with Gasteiger partial charge in [-0.3, -0.25) is 9.59 Å². The molecule has 0 spiro atoms. The summed E-state index contributed by atoms with van der Waals surface area (Å²) in [6.07, 6.45) is -3.89. The highest BCUT2D eigenvalue weighted by atomic mass is 16.7. The maximum Gasteiger partial charge on any atom is 0.407 e. The Balaban J connectivity index is 1.19. The zero-order valence-electron chi connectivity index (χ0n) is 24.3. The fourth-order valence-electron chi connectivity index (χ4n) is 5.34. The van der Waals surface area contributed by atoms with Crippen LogP contribution < -0.4 is 5.32 Å². The number of nitrogens with one attached hydrogen (secondary N) is 1. The van der Waals surface area contributed by atoms with E-state index in [2.05, 4.69) is 5.32 Å². The molecule has 1 fully saturated rings. The highest BCUT2D eigenvalue weighted by Crippen LogP contribution is 2.44. The molecule has 2 aromatic rings. The third kappa shape index (κ3) is 7.70. The van der Waals surface area contributed by atoms with Crippen LogP contribution in [0.3, 0.4) is 0 Å². The van der Waals surface area contributed by atoms with Crippen molar-refractivity contribution in [1.82, 2.24) is 5.32 Å². The maximum atomic E-state index is 12.5. The van der Waals surface area contributed by atoms with Crippen molar-refractivity contribution >= 4 is 24.0 Å². The van der Waals surface area contributed by atoms with Gasteiger partial charge in [-0.05, 0) is 28.2 Å². The second kappa shape index (κ2) is 14.5. The lowest BCUT2D eigenvalue weighted by Crippen LogP contribution is -2.51. The fraction of sp³-hybridized carbons (Fsp3) is 0.484. The summed E-state index contributed by atoms with van der Waals surface area (Å²) < 4.78 is 26.4. The molecule has 2 unspecified atom stereocenters. The molecular formula is C31H37NO11. The number of carbonyl (C=O) groups excluding carboxylic acids is 3. The lowest BCUT2D eigenvalue weighted by Gasteiger charge is -2.41. The smallest absolute Gasteiger partial charge is 0.407 e. The number of aliphatic hydroxyl groups excluding tert-OH is 1. The minimum Gasteiger partial charge on any atom is -0.480 e. The molecule has 1 heterocycles. The van der Waals surface area contributed by atoms with Gasteiger partial charge in [0.1, 0.15) is 25.9 Å². The van der Waals surface area contributed by atoms with Crippen molar-refractivity contribution in [3.05, 3.63) is 59.7 Å². The number of benzene rings is 2. The van der Waals surface area contributed by atoms with Crippen LogP contribution in [0.4, 0.5) is 4.79 Å². The van der Waals surface area contributed by atoms with E-state index in [1.54, 1.807) is 0 Å². The number of alkyl carbamates (subject to hydrolysis) is 1. The molecule has 0 bridgehead atoms. The highest BCUT2D eigenvalue weighted by Gasteiger charge is 2.41. The average molecular weight is 600 g/mol. The van der Waals surface area contributed by atoms with Crippen LogP contribution in [-0.4, -0.2) is 85.7 Å². The molecule has 1 saturated heterocycles. The van der Waals surface area contributed by atoms with Crippen LogP contribution >= 0.6 is 0 Å². The summed E-state index contributed by atoms with van der Waals surface area (Å²) in [7, 11) is 1.49. The van der Waals surface area contributed by atoms with Gasteiger partial charge in [-0.2, -0.15) is 0 Å². The van der Waals surface area contributed by atoms with Gasteiger partial charge in [-0.15, -0.1) is 0 Å². The van der Waals surface area contributed by atoms with Crippen LogP contribution in [0, 0.1) is 11.8 Å². The number of ether oxygens (including phenoxy) is 5. The van der Waals surface area contributed by atoms with Crippen LogP contribution in [0.5, 0.6) is 0 Å². The summed E-state index contributed by atoms with van der Waals surface area (Å²) in [5.41, 5.74) is 4.11. The Labute approximate surface area is 249 Å². The molecule has 2 aliphatic rings. The number of carboxylic acid groups (broad SMARTS) is 1. The number of hydrogen-bond acceptors (Lipinski definition) is 10. The van der Waals surface area contributed by atoms with Crippen molar-refractivity contribution in [1.29, 1.82) is 0 Å². The molecule has 3 N–H and O–H groups in total. The lowest BCUT2D eigenvalue weighted by molar-refractivity contribution is -0.261. The predicted molar refractivity (Wildman–Crippen MR) is 151 cm³/mol. The van der Waals surface area contributed by atoms with Gasteiger partial charge in [0, 0.05) is 18.9 Å². The Morgan fingerprint density at radius 3 is 2.02 bits per heavy atom. The van der Waals surface area contributed by atoms with Crippen molar-refractivity contribution in [2.24, 2.45) is 11.8 Å². The second-order valence-electron chi connectivity index (χ2n) is 10.7. The van der Waals surface area contributed by atoms with Crippen LogP contribution in [-0.2, 0) is 38.1 Å². The van der Waals surface area contributed by atoms with Crippen molar-refractivity contribution in [2.45, 2.75) is 57.1 Å². The van der Waals surface area contributed by atoms with Crippen molar-refractivity contribution in [3.8, 4) is 11.1 Å². The first-order valence-corrected chi connectivity index (χ1v) is 14.1. The number of carbonyl (C=O) groups is 4. The van der Waals surface area contributed by atoms with E-state index in [4.69, 9.17) is 23.7 Å². The number of hydrogen-bond donors (Lipinski definition) is 3. The number of carboxylic acids is 1. The SMILES string of the molecule is CO[C@H]1OC(COC(=O)CCC(=O)OC[C@H](NC(=O)OCC2c3ccccc3-c3ccccc32)C(=O)O)[C@@H](O)[C@H](C)C1C. The van der Waals surface area contributed by atoms with Gasteiger partial charge in [-0.1, -0.05) is 62.4 Å². The molecule has 12 heteroatoms. The van der Waals surface area contributed by atoms with Gasteiger partial charge in [0.2, 0.25) is 0 Å². The molecule has 43 heavy (non-hydrogen) atoms. The van der Waals surface area contributed by atoms with E-state index < -0.39 is 55.1 Å². The quantitative estimate of drug-likeness (QED) is 0.242. The minimum atomic E-state index is -1.56. The van der Waals surface area contributed by atoms with Crippen molar-refractivity contribution in [3.63, 3.8) is 0 Å². The Kier molecular flexibility index (Phi) is 10.7. The van der Waals surface area contributed by atoms with Gasteiger partial charge < -0.3 is 39.2 Å². The van der Waals surface area contributed by atoms with E-state index in [0.29, 0.717) is 0 Å². The summed E-state index contributed by atoms with van der Waals surface area (Å²) >= 11 is 0. The number of fused-ring (bicyclic) bond motifs is 3. The van der Waals surface area contributed by atoms with Gasteiger partial charge in [0.15, 0.2) is 12.3 Å². The van der Waals surface area contributed by atoms with E-state index in [-0.39, 0.29) is 43.8 Å². The molecule has 2 aromatic carbocycles. The molecule has 0 aromatic heterocycles. The van der Waals surface area contributed by atoms with Crippen LogP contribution in [0.1, 0.15) is 43.7 Å². The molecule has 12 nitrogen and oxygen atoms in total. The Hall–Kier alpha value is -4.00. The Morgan fingerprint density at radius 2 is 1.44 bits per heavy atom. The highest BCUT2D eigenvalue weighted by molar-refractivity contribution is 5.82. The van der Waals surface area contributed by atoms with E-state index in [1.807, 2.05) is 62.4 Å². The molecule has 1 amide bonds. The van der Waals surface area contributed by atoms with Gasteiger partial charge >= 0.3 is 24.0 Å². The second-order valence-corrected chi connectivity index (χ2v) is 10.7. The van der Waals surface area contributed by atoms with Crippen molar-refractivity contribution in [2.75, 3.05) is 26.9 Å². The number of rotatable bonds is 12. The third-order valence-corrected chi connectivity index (χ3v) is 8.01. The van der Waals surface area contributed by atoms with E-state index in [9.17, 15) is 29.4 Å². The molecule has 1 aliphatic heterocycles. The molecule has 1 aliphatic carbocycles. The topological polar surface area (TPSA) is 167 Å². The average Bonchev–Trinajstić information content (AvgIpc) is 3.32. The number of aliphatic hydroxyl groups is 1. The zero-order valence-corrected chi connectivity index (χ0v) is 24.3. The number of esters is 2. The number of methoxy groups -OCH3 is 1. The summed E-state index contributed by atoms with van der Waals surface area (Å²) in [5, 5.41) is 22.1. The molecular weight excluding hydrogens is 562 g/mol. The number of amides is 1. The van der Waals surface area contributed by atoms with E-state index in [0.717, 1.165) is 22.3 Å². The predicted octanol–water partition coefficient (Wildman–Crippen LogP) is 2.85.